The summed E-state index contributed by atoms with van der Waals surface area (Å²) in [6.07, 6.45) is 3.57. The van der Waals surface area contributed by atoms with Crippen LogP contribution in [0.1, 0.15) is 30.4 Å². The lowest BCUT2D eigenvalue weighted by Crippen LogP contribution is -2.58. The molecule has 0 bridgehead atoms. The monoisotopic (exact) mass is 319 g/mol. The van der Waals surface area contributed by atoms with Gasteiger partial charge in [-0.15, -0.1) is 0 Å². The third-order valence-corrected chi connectivity index (χ3v) is 5.01. The minimum atomic E-state index is -0.0217. The number of ether oxygens (including phenoxy) is 1. The van der Waals surface area contributed by atoms with E-state index in [0.717, 1.165) is 36.3 Å². The van der Waals surface area contributed by atoms with E-state index in [2.05, 4.69) is 24.3 Å². The van der Waals surface area contributed by atoms with E-state index in [1.54, 1.807) is 12.0 Å². The third-order valence-electron chi connectivity index (χ3n) is 5.01. The van der Waals surface area contributed by atoms with Crippen LogP contribution < -0.4 is 10.1 Å². The molecule has 0 aromatic heterocycles. The van der Waals surface area contributed by atoms with Gasteiger partial charge in [-0.2, -0.15) is 0 Å². The molecule has 128 valence electrons. The number of aryl methyl sites for hydroxylation is 1. The molecule has 1 aliphatic carbocycles. The Labute approximate surface area is 139 Å². The van der Waals surface area contributed by atoms with Crippen LogP contribution in [0.3, 0.4) is 0 Å². The van der Waals surface area contributed by atoms with Crippen LogP contribution in [0.2, 0.25) is 0 Å². The summed E-state index contributed by atoms with van der Waals surface area (Å²) in [6.45, 7) is 3.31. The zero-order chi connectivity index (χ0) is 17.0. The molecule has 0 heterocycles. The van der Waals surface area contributed by atoms with Crippen LogP contribution in [-0.2, 0) is 6.54 Å². The van der Waals surface area contributed by atoms with Crippen LogP contribution in [-0.4, -0.2) is 56.2 Å². The number of methoxy groups -OCH3 is 1. The van der Waals surface area contributed by atoms with Crippen molar-refractivity contribution in [2.75, 3.05) is 34.8 Å². The maximum absolute atomic E-state index is 12.3. The van der Waals surface area contributed by atoms with Gasteiger partial charge < -0.3 is 19.9 Å². The number of nitrogens with zero attached hydrogens (tertiary/aromatic N) is 2. The van der Waals surface area contributed by atoms with Gasteiger partial charge in [0, 0.05) is 25.7 Å². The summed E-state index contributed by atoms with van der Waals surface area (Å²) < 4.78 is 5.26. The number of carbonyl (C=O) groups excluding carboxylic acids is 1. The number of amides is 2. The number of rotatable bonds is 6. The van der Waals surface area contributed by atoms with E-state index in [0.29, 0.717) is 6.54 Å². The number of benzene rings is 1. The predicted octanol–water partition coefficient (Wildman–Crippen LogP) is 2.63. The summed E-state index contributed by atoms with van der Waals surface area (Å²) >= 11 is 0. The summed E-state index contributed by atoms with van der Waals surface area (Å²) in [5.74, 6) is 0.870. The van der Waals surface area contributed by atoms with E-state index in [1.165, 1.54) is 6.42 Å². The van der Waals surface area contributed by atoms with Crippen LogP contribution in [0, 0.1) is 6.92 Å². The van der Waals surface area contributed by atoms with Crippen molar-refractivity contribution in [3.63, 3.8) is 0 Å². The van der Waals surface area contributed by atoms with Gasteiger partial charge >= 0.3 is 6.03 Å². The largest absolute Gasteiger partial charge is 0.496 e. The number of urea groups is 1. The molecule has 0 unspecified atom stereocenters. The van der Waals surface area contributed by atoms with Crippen molar-refractivity contribution in [3.05, 3.63) is 29.3 Å². The summed E-state index contributed by atoms with van der Waals surface area (Å²) in [4.78, 5) is 16.4. The minimum absolute atomic E-state index is 0.0217. The summed E-state index contributed by atoms with van der Waals surface area (Å²) in [6, 6.07) is 5.95. The molecule has 0 atom stereocenters. The summed E-state index contributed by atoms with van der Waals surface area (Å²) in [5, 5.41) is 3.00. The number of nitrogens with one attached hydrogen (secondary N) is 1. The molecule has 1 aromatic rings. The molecule has 23 heavy (non-hydrogen) atoms. The molecule has 0 radical (unpaired) electrons. The highest BCUT2D eigenvalue weighted by atomic mass is 16.5. The van der Waals surface area contributed by atoms with E-state index in [-0.39, 0.29) is 11.6 Å². The fourth-order valence-corrected chi connectivity index (χ4v) is 3.21. The van der Waals surface area contributed by atoms with Crippen molar-refractivity contribution in [1.29, 1.82) is 0 Å². The zero-order valence-corrected chi connectivity index (χ0v) is 15.0. The number of carbonyl (C=O) groups is 1. The zero-order valence-electron chi connectivity index (χ0n) is 15.0. The molecule has 1 N–H and O–H groups in total. The Morgan fingerprint density at radius 2 is 2.00 bits per heavy atom. The Morgan fingerprint density at radius 1 is 1.30 bits per heavy atom. The second kappa shape index (κ2) is 7.21. The molecule has 2 rings (SSSR count). The molecule has 0 aliphatic heterocycles. The normalized spacial score (nSPS) is 15.9. The van der Waals surface area contributed by atoms with Crippen LogP contribution in [0.4, 0.5) is 4.79 Å². The standard InChI is InChI=1S/C18H29N3O2/c1-14-11-15(7-8-16(14)23-5)12-19-17(22)21(4)13-18(20(2)3)9-6-10-18/h7-8,11H,6,9-10,12-13H2,1-5H3,(H,19,22). The van der Waals surface area contributed by atoms with Crippen LogP contribution in [0.5, 0.6) is 5.75 Å². The molecule has 1 aliphatic rings. The van der Waals surface area contributed by atoms with E-state index in [9.17, 15) is 4.79 Å². The first-order valence-electron chi connectivity index (χ1n) is 8.18. The SMILES string of the molecule is COc1ccc(CNC(=O)N(C)CC2(N(C)C)CCC2)cc1C. The van der Waals surface area contributed by atoms with Crippen LogP contribution in [0.25, 0.3) is 0 Å². The molecule has 5 nitrogen and oxygen atoms in total. The van der Waals surface area contributed by atoms with Gasteiger partial charge in [0.25, 0.3) is 0 Å². The lowest BCUT2D eigenvalue weighted by Gasteiger charge is -2.49. The van der Waals surface area contributed by atoms with Crippen LogP contribution >= 0.6 is 0 Å². The molecular weight excluding hydrogens is 290 g/mol. The lowest BCUT2D eigenvalue weighted by molar-refractivity contribution is 0.0363. The maximum atomic E-state index is 12.3. The highest BCUT2D eigenvalue weighted by molar-refractivity contribution is 5.74. The van der Waals surface area contributed by atoms with Crippen molar-refractivity contribution < 1.29 is 9.53 Å². The van der Waals surface area contributed by atoms with Gasteiger partial charge in [0.2, 0.25) is 0 Å². The van der Waals surface area contributed by atoms with Crippen molar-refractivity contribution in [1.82, 2.24) is 15.1 Å². The fourth-order valence-electron chi connectivity index (χ4n) is 3.21. The molecule has 0 spiro atoms. The fraction of sp³-hybridized carbons (Fsp3) is 0.611. The minimum Gasteiger partial charge on any atom is -0.496 e. The molecule has 2 amide bonds. The first-order valence-corrected chi connectivity index (χ1v) is 8.18. The van der Waals surface area contributed by atoms with Gasteiger partial charge in [-0.1, -0.05) is 12.1 Å². The van der Waals surface area contributed by atoms with Crippen LogP contribution in [0.15, 0.2) is 18.2 Å². The Bertz CT molecular complexity index is 553. The molecule has 1 aromatic carbocycles. The van der Waals surface area contributed by atoms with Gasteiger partial charge in [-0.3, -0.25) is 0 Å². The van der Waals surface area contributed by atoms with Gasteiger partial charge in [0.1, 0.15) is 5.75 Å². The highest BCUT2D eigenvalue weighted by Crippen LogP contribution is 2.36. The average molecular weight is 319 g/mol. The average Bonchev–Trinajstić information content (AvgIpc) is 2.47. The predicted molar refractivity (Wildman–Crippen MR) is 92.9 cm³/mol. The van der Waals surface area contributed by atoms with Crippen molar-refractivity contribution in [2.45, 2.75) is 38.3 Å². The molecule has 1 fully saturated rings. The first kappa shape index (κ1) is 17.6. The highest BCUT2D eigenvalue weighted by Gasteiger charge is 2.40. The van der Waals surface area contributed by atoms with E-state index < -0.39 is 0 Å². The topological polar surface area (TPSA) is 44.8 Å². The van der Waals surface area contributed by atoms with Crippen molar-refractivity contribution in [3.8, 4) is 5.75 Å². The van der Waals surface area contributed by atoms with Gasteiger partial charge in [-0.25, -0.2) is 4.79 Å². The molecule has 0 saturated heterocycles. The van der Waals surface area contributed by atoms with Crippen molar-refractivity contribution in [2.24, 2.45) is 0 Å². The van der Waals surface area contributed by atoms with E-state index in [1.807, 2.05) is 32.2 Å². The number of hydrogen-bond donors (Lipinski definition) is 1. The molecule has 5 heteroatoms. The lowest BCUT2D eigenvalue weighted by atomic mass is 9.75. The second-order valence-electron chi connectivity index (χ2n) is 6.79. The Hall–Kier alpha value is -1.75. The number of hydrogen-bond acceptors (Lipinski definition) is 3. The second-order valence-corrected chi connectivity index (χ2v) is 6.79. The Balaban J connectivity index is 1.88. The molecular formula is C18H29N3O2. The Kier molecular flexibility index (Phi) is 5.52. The van der Waals surface area contributed by atoms with Crippen molar-refractivity contribution >= 4 is 6.03 Å². The first-order chi connectivity index (χ1) is 10.9. The maximum Gasteiger partial charge on any atom is 0.317 e. The third kappa shape index (κ3) is 3.96. The summed E-state index contributed by atoms with van der Waals surface area (Å²) in [5.41, 5.74) is 2.31. The Morgan fingerprint density at radius 3 is 2.48 bits per heavy atom. The van der Waals surface area contributed by atoms with E-state index in [4.69, 9.17) is 4.74 Å². The molecule has 1 saturated carbocycles. The number of likely N-dealkylation sites (N-methyl/N-ethyl adjacent to an activating group) is 2. The van der Waals surface area contributed by atoms with E-state index >= 15 is 0 Å². The smallest absolute Gasteiger partial charge is 0.317 e. The van der Waals surface area contributed by atoms with Gasteiger partial charge in [0.05, 0.1) is 7.11 Å². The van der Waals surface area contributed by atoms with Gasteiger partial charge in [-0.05, 0) is 57.5 Å². The van der Waals surface area contributed by atoms with Gasteiger partial charge in [0.15, 0.2) is 0 Å². The quantitative estimate of drug-likeness (QED) is 0.877. The summed E-state index contributed by atoms with van der Waals surface area (Å²) in [7, 11) is 7.74.